The lowest BCUT2D eigenvalue weighted by Crippen LogP contribution is -2.50. The Morgan fingerprint density at radius 1 is 1.15 bits per heavy atom. The first-order valence-electron chi connectivity index (χ1n) is 10.9. The number of carbonyl (C=O) groups excluding carboxylic acids is 2. The van der Waals surface area contributed by atoms with E-state index >= 15 is 0 Å². The predicted octanol–water partition coefficient (Wildman–Crippen LogP) is 2.81. The second-order valence-corrected chi connectivity index (χ2v) is 10.2. The molecule has 0 unspecified atom stereocenters. The van der Waals surface area contributed by atoms with Crippen LogP contribution in [-0.2, 0) is 22.6 Å². The molecular formula is C24H27N3O4S2. The number of hydrogen-bond acceptors (Lipinski definition) is 7. The van der Waals surface area contributed by atoms with E-state index in [1.54, 1.807) is 0 Å². The summed E-state index contributed by atoms with van der Waals surface area (Å²) in [6.45, 7) is 2.59. The number of amides is 2. The molecule has 9 heteroatoms. The fourth-order valence-electron chi connectivity index (χ4n) is 4.04. The van der Waals surface area contributed by atoms with E-state index in [0.29, 0.717) is 6.54 Å². The topological polar surface area (TPSA) is 103 Å². The molecule has 7 nitrogen and oxygen atoms in total. The molecule has 3 N–H and O–H groups in total. The van der Waals surface area contributed by atoms with Crippen LogP contribution in [-0.4, -0.2) is 50.7 Å². The molecule has 0 saturated carbocycles. The fraction of sp³-hybridized carbons (Fsp3) is 0.375. The van der Waals surface area contributed by atoms with E-state index in [4.69, 9.17) is 0 Å². The summed E-state index contributed by atoms with van der Waals surface area (Å²) in [7, 11) is 0. The third-order valence-corrected chi connectivity index (χ3v) is 7.51. The van der Waals surface area contributed by atoms with Crippen molar-refractivity contribution in [2.24, 2.45) is 0 Å². The summed E-state index contributed by atoms with van der Waals surface area (Å²) in [5, 5.41) is 28.3. The van der Waals surface area contributed by atoms with Gasteiger partial charge in [-0.1, -0.05) is 30.3 Å². The third-order valence-electron chi connectivity index (χ3n) is 5.73. The minimum absolute atomic E-state index is 0.223. The number of aliphatic hydroxyl groups is 2. The quantitative estimate of drug-likeness (QED) is 0.455. The van der Waals surface area contributed by atoms with E-state index in [1.165, 1.54) is 33.1 Å². The highest BCUT2D eigenvalue weighted by Crippen LogP contribution is 2.33. The molecule has 1 fully saturated rings. The standard InChI is InChI=1S/C24H27N3O4S2/c1-15-26-19(14-32-15)20-8-5-9-27(20)24(31)22(29)21(28)23(30)25-12-18-11-17(13-33-18)10-16-6-3-2-4-7-16/h2-4,6-7,11,13-14,20-22,28-29H,5,8-10,12H2,1H3,(H,25,30)/t20-,21-,22-/m1/s1. The molecule has 2 aromatic heterocycles. The Balaban J connectivity index is 1.31. The van der Waals surface area contributed by atoms with Gasteiger partial charge in [-0.2, -0.15) is 0 Å². The first-order chi connectivity index (χ1) is 15.9. The molecule has 3 aromatic rings. The van der Waals surface area contributed by atoms with E-state index in [9.17, 15) is 19.8 Å². The van der Waals surface area contributed by atoms with Crippen LogP contribution in [0, 0.1) is 6.92 Å². The summed E-state index contributed by atoms with van der Waals surface area (Å²) in [5.74, 6) is -1.42. The zero-order valence-electron chi connectivity index (χ0n) is 18.3. The summed E-state index contributed by atoms with van der Waals surface area (Å²) >= 11 is 3.02. The fourth-order valence-corrected chi connectivity index (χ4v) is 5.53. The normalized spacial score (nSPS) is 17.7. The molecule has 33 heavy (non-hydrogen) atoms. The largest absolute Gasteiger partial charge is 0.380 e. The zero-order valence-corrected chi connectivity index (χ0v) is 19.9. The maximum absolute atomic E-state index is 12.8. The van der Waals surface area contributed by atoms with Gasteiger partial charge in [0.15, 0.2) is 12.2 Å². The summed E-state index contributed by atoms with van der Waals surface area (Å²) in [6, 6.07) is 11.9. The maximum Gasteiger partial charge on any atom is 0.255 e. The van der Waals surface area contributed by atoms with Gasteiger partial charge in [-0.25, -0.2) is 4.98 Å². The second-order valence-electron chi connectivity index (χ2n) is 8.17. The maximum atomic E-state index is 12.8. The third kappa shape index (κ3) is 5.67. The number of nitrogens with one attached hydrogen (secondary N) is 1. The lowest BCUT2D eigenvalue weighted by atomic mass is 10.1. The van der Waals surface area contributed by atoms with Crippen molar-refractivity contribution in [1.29, 1.82) is 0 Å². The molecule has 1 saturated heterocycles. The number of aryl methyl sites for hydroxylation is 1. The van der Waals surface area contributed by atoms with Crippen molar-refractivity contribution in [2.75, 3.05) is 6.54 Å². The summed E-state index contributed by atoms with van der Waals surface area (Å²) in [4.78, 5) is 32.2. The number of aromatic nitrogens is 1. The summed E-state index contributed by atoms with van der Waals surface area (Å²) < 4.78 is 0. The van der Waals surface area contributed by atoms with Gasteiger partial charge in [0.1, 0.15) is 0 Å². The molecule has 0 spiro atoms. The number of aliphatic hydroxyl groups excluding tert-OH is 2. The molecule has 2 amide bonds. The molecule has 174 valence electrons. The van der Waals surface area contributed by atoms with Crippen molar-refractivity contribution >= 4 is 34.5 Å². The number of rotatable bonds is 8. The molecule has 3 atom stereocenters. The number of hydrogen-bond donors (Lipinski definition) is 3. The molecule has 4 rings (SSSR count). The van der Waals surface area contributed by atoms with E-state index in [0.717, 1.165) is 40.4 Å². The van der Waals surface area contributed by atoms with Crippen LogP contribution in [0.3, 0.4) is 0 Å². The number of benzene rings is 1. The Hall–Kier alpha value is -2.59. The Bertz CT molecular complexity index is 1100. The molecular weight excluding hydrogens is 458 g/mol. The number of thiophene rings is 1. The van der Waals surface area contributed by atoms with Gasteiger partial charge in [-0.05, 0) is 48.8 Å². The highest BCUT2D eigenvalue weighted by atomic mass is 32.1. The van der Waals surface area contributed by atoms with Crippen molar-refractivity contribution in [1.82, 2.24) is 15.2 Å². The van der Waals surface area contributed by atoms with Crippen molar-refractivity contribution < 1.29 is 19.8 Å². The van der Waals surface area contributed by atoms with E-state index in [1.807, 2.05) is 41.9 Å². The molecule has 1 aromatic carbocycles. The van der Waals surface area contributed by atoms with Gasteiger partial charge in [0.05, 0.1) is 23.3 Å². The van der Waals surface area contributed by atoms with Crippen LogP contribution in [0.25, 0.3) is 0 Å². The Kier molecular flexibility index (Phi) is 7.54. The molecule has 0 bridgehead atoms. The van der Waals surface area contributed by atoms with Gasteiger partial charge in [0.2, 0.25) is 0 Å². The van der Waals surface area contributed by atoms with Gasteiger partial charge in [0, 0.05) is 16.8 Å². The van der Waals surface area contributed by atoms with Gasteiger partial charge in [-0.15, -0.1) is 22.7 Å². The van der Waals surface area contributed by atoms with Crippen molar-refractivity contribution in [2.45, 2.75) is 51.0 Å². The predicted molar refractivity (Wildman–Crippen MR) is 128 cm³/mol. The number of thiazole rings is 1. The van der Waals surface area contributed by atoms with Crippen LogP contribution in [0.1, 0.15) is 45.6 Å². The number of carbonyl (C=O) groups is 2. The van der Waals surface area contributed by atoms with E-state index in [2.05, 4.69) is 22.4 Å². The first kappa shape index (κ1) is 23.6. The van der Waals surface area contributed by atoms with Gasteiger partial charge in [0.25, 0.3) is 11.8 Å². The minimum Gasteiger partial charge on any atom is -0.380 e. The Morgan fingerprint density at radius 3 is 2.67 bits per heavy atom. The van der Waals surface area contributed by atoms with Gasteiger partial charge in [-0.3, -0.25) is 9.59 Å². The monoisotopic (exact) mass is 485 g/mol. The average Bonchev–Trinajstić information content (AvgIpc) is 3.57. The molecule has 1 aliphatic heterocycles. The molecule has 0 radical (unpaired) electrons. The van der Waals surface area contributed by atoms with Crippen molar-refractivity contribution in [3.05, 3.63) is 73.9 Å². The molecule has 3 heterocycles. The van der Waals surface area contributed by atoms with Crippen LogP contribution in [0.4, 0.5) is 0 Å². The average molecular weight is 486 g/mol. The highest BCUT2D eigenvalue weighted by molar-refractivity contribution is 7.10. The highest BCUT2D eigenvalue weighted by Gasteiger charge is 2.39. The van der Waals surface area contributed by atoms with Gasteiger partial charge >= 0.3 is 0 Å². The van der Waals surface area contributed by atoms with Crippen LogP contribution >= 0.6 is 22.7 Å². The zero-order chi connectivity index (χ0) is 23.4. The van der Waals surface area contributed by atoms with Crippen LogP contribution < -0.4 is 5.32 Å². The number of nitrogens with zero attached hydrogens (tertiary/aromatic N) is 2. The summed E-state index contributed by atoms with van der Waals surface area (Å²) in [6.07, 6.45) is -1.32. The minimum atomic E-state index is -1.83. The van der Waals surface area contributed by atoms with Crippen molar-refractivity contribution in [3.8, 4) is 0 Å². The lowest BCUT2D eigenvalue weighted by molar-refractivity contribution is -0.153. The Morgan fingerprint density at radius 2 is 1.94 bits per heavy atom. The van der Waals surface area contributed by atoms with E-state index in [-0.39, 0.29) is 12.6 Å². The summed E-state index contributed by atoms with van der Waals surface area (Å²) in [5.41, 5.74) is 3.14. The van der Waals surface area contributed by atoms with Crippen LogP contribution in [0.5, 0.6) is 0 Å². The number of likely N-dealkylation sites (tertiary alicyclic amines) is 1. The second kappa shape index (κ2) is 10.6. The smallest absolute Gasteiger partial charge is 0.255 e. The van der Waals surface area contributed by atoms with Crippen molar-refractivity contribution in [3.63, 3.8) is 0 Å². The van der Waals surface area contributed by atoms with Crippen LogP contribution in [0.15, 0.2) is 47.2 Å². The molecule has 1 aliphatic rings. The van der Waals surface area contributed by atoms with E-state index < -0.39 is 24.0 Å². The SMILES string of the molecule is Cc1nc([C@H]2CCCN2C(=O)[C@H](O)[C@@H](O)C(=O)NCc2cc(Cc3ccccc3)cs2)cs1. The lowest BCUT2D eigenvalue weighted by Gasteiger charge is -2.27. The Labute approximate surface area is 200 Å². The van der Waals surface area contributed by atoms with Crippen LogP contribution in [0.2, 0.25) is 0 Å². The first-order valence-corrected chi connectivity index (χ1v) is 12.6. The molecule has 0 aliphatic carbocycles. The van der Waals surface area contributed by atoms with Gasteiger partial charge < -0.3 is 20.4 Å².